The lowest BCUT2D eigenvalue weighted by Gasteiger charge is -2.32. The number of thioether (sulfide) groups is 1. The summed E-state index contributed by atoms with van der Waals surface area (Å²) in [5.41, 5.74) is 2.66. The van der Waals surface area contributed by atoms with E-state index in [1.807, 2.05) is 37.3 Å². The molecule has 0 N–H and O–H groups in total. The smallest absolute Gasteiger partial charge is 0.267 e. The number of amides is 1. The zero-order valence-corrected chi connectivity index (χ0v) is 22.2. The lowest BCUT2D eigenvalue weighted by atomic mass is 9.99. The van der Waals surface area contributed by atoms with Gasteiger partial charge in [-0.1, -0.05) is 43.0 Å². The van der Waals surface area contributed by atoms with Gasteiger partial charge < -0.3 is 14.4 Å². The highest BCUT2D eigenvalue weighted by molar-refractivity contribution is 8.26. The molecule has 2 fully saturated rings. The summed E-state index contributed by atoms with van der Waals surface area (Å²) in [5.74, 6) is 2.38. The molecule has 0 aliphatic carbocycles. The molecule has 3 aliphatic rings. The average molecular weight is 535 g/mol. The number of carbonyl (C=O) groups excluding carboxylic acids is 1. The van der Waals surface area contributed by atoms with Crippen molar-refractivity contribution < 1.29 is 14.3 Å². The van der Waals surface area contributed by atoms with Gasteiger partial charge in [0.2, 0.25) is 6.79 Å². The average Bonchev–Trinajstić information content (AvgIpc) is 3.46. The molecule has 8 nitrogen and oxygen atoms in total. The Morgan fingerprint density at radius 2 is 1.92 bits per heavy atom. The fourth-order valence-electron chi connectivity index (χ4n) is 4.82. The monoisotopic (exact) mass is 534 g/mol. The first kappa shape index (κ1) is 24.0. The van der Waals surface area contributed by atoms with Crippen LogP contribution in [0.2, 0.25) is 0 Å². The number of anilines is 1. The van der Waals surface area contributed by atoms with Crippen molar-refractivity contribution in [3.63, 3.8) is 0 Å². The van der Waals surface area contributed by atoms with E-state index >= 15 is 0 Å². The predicted octanol–water partition coefficient (Wildman–Crippen LogP) is 4.37. The van der Waals surface area contributed by atoms with Crippen molar-refractivity contribution in [1.29, 1.82) is 0 Å². The van der Waals surface area contributed by atoms with E-state index < -0.39 is 0 Å². The van der Waals surface area contributed by atoms with Gasteiger partial charge in [-0.15, -0.1) is 0 Å². The highest BCUT2D eigenvalue weighted by Crippen LogP contribution is 2.37. The maximum absolute atomic E-state index is 13.7. The first-order chi connectivity index (χ1) is 17.9. The Morgan fingerprint density at radius 3 is 2.73 bits per heavy atom. The van der Waals surface area contributed by atoms with Crippen LogP contribution in [0.1, 0.15) is 36.5 Å². The van der Waals surface area contributed by atoms with Crippen LogP contribution in [-0.2, 0) is 11.3 Å². The van der Waals surface area contributed by atoms with Crippen molar-refractivity contribution in [3.8, 4) is 11.5 Å². The van der Waals surface area contributed by atoms with E-state index in [-0.39, 0.29) is 18.3 Å². The van der Waals surface area contributed by atoms with Crippen LogP contribution in [0.25, 0.3) is 11.7 Å². The van der Waals surface area contributed by atoms with Crippen LogP contribution in [0.5, 0.6) is 11.5 Å². The summed E-state index contributed by atoms with van der Waals surface area (Å²) < 4.78 is 12.9. The Bertz CT molecular complexity index is 1520. The standard InChI is InChI=1S/C27H26N4O4S2/c1-16-7-9-29(10-8-16)24-19(25(32)30-13-17(2)3-6-23(30)28-24)12-22-26(33)31(27(36)37-22)14-18-4-5-20-21(11-18)35-15-34-20/h3-6,11-13,16H,7-10,14-15H2,1-2H3. The van der Waals surface area contributed by atoms with Crippen LogP contribution in [0.15, 0.2) is 46.2 Å². The molecule has 3 aromatic rings. The number of hydrogen-bond donors (Lipinski definition) is 0. The molecular formula is C27H26N4O4S2. The quantitative estimate of drug-likeness (QED) is 0.361. The van der Waals surface area contributed by atoms with Gasteiger partial charge in [-0.2, -0.15) is 0 Å². The molecule has 0 radical (unpaired) electrons. The number of aromatic nitrogens is 2. The highest BCUT2D eigenvalue weighted by Gasteiger charge is 2.33. The van der Waals surface area contributed by atoms with E-state index in [2.05, 4.69) is 11.8 Å². The number of aryl methyl sites for hydroxylation is 1. The Kier molecular flexibility index (Phi) is 6.16. The van der Waals surface area contributed by atoms with E-state index in [4.69, 9.17) is 26.7 Å². The predicted molar refractivity (Wildman–Crippen MR) is 148 cm³/mol. The number of rotatable bonds is 4. The van der Waals surface area contributed by atoms with Crippen LogP contribution >= 0.6 is 24.0 Å². The van der Waals surface area contributed by atoms with Crippen LogP contribution in [0.4, 0.5) is 5.82 Å². The minimum absolute atomic E-state index is 0.190. The van der Waals surface area contributed by atoms with Gasteiger partial charge in [-0.05, 0) is 61.1 Å². The molecule has 0 unspecified atom stereocenters. The lowest BCUT2D eigenvalue weighted by Crippen LogP contribution is -2.36. The fraction of sp³-hybridized carbons (Fsp3) is 0.333. The molecule has 190 valence electrons. The number of carbonyl (C=O) groups is 1. The van der Waals surface area contributed by atoms with E-state index in [9.17, 15) is 9.59 Å². The van der Waals surface area contributed by atoms with Crippen LogP contribution in [0, 0.1) is 12.8 Å². The van der Waals surface area contributed by atoms with E-state index in [0.717, 1.165) is 37.1 Å². The topological polar surface area (TPSA) is 76.4 Å². The Hall–Kier alpha value is -3.37. The van der Waals surface area contributed by atoms with Gasteiger partial charge in [0.25, 0.3) is 11.5 Å². The molecule has 5 heterocycles. The number of nitrogens with zero attached hydrogens (tertiary/aromatic N) is 4. The van der Waals surface area contributed by atoms with Gasteiger partial charge in [0.1, 0.15) is 15.8 Å². The van der Waals surface area contributed by atoms with Crippen LogP contribution in [0.3, 0.4) is 0 Å². The maximum atomic E-state index is 13.7. The van der Waals surface area contributed by atoms with Crippen LogP contribution < -0.4 is 19.9 Å². The van der Waals surface area contributed by atoms with Crippen molar-refractivity contribution in [1.82, 2.24) is 14.3 Å². The Labute approximate surface area is 223 Å². The summed E-state index contributed by atoms with van der Waals surface area (Å²) in [4.78, 5) is 36.2. The van der Waals surface area contributed by atoms with Crippen LogP contribution in [-0.4, -0.2) is 44.4 Å². The highest BCUT2D eigenvalue weighted by atomic mass is 32.2. The third-order valence-electron chi connectivity index (χ3n) is 7.00. The second-order valence-electron chi connectivity index (χ2n) is 9.71. The van der Waals surface area contributed by atoms with Crippen molar-refractivity contribution in [2.75, 3.05) is 24.8 Å². The van der Waals surface area contributed by atoms with Gasteiger partial charge in [0, 0.05) is 19.3 Å². The summed E-state index contributed by atoms with van der Waals surface area (Å²) in [7, 11) is 0. The molecule has 1 amide bonds. The zero-order chi connectivity index (χ0) is 25.7. The molecule has 0 atom stereocenters. The number of benzene rings is 1. The number of piperidine rings is 1. The molecule has 6 rings (SSSR count). The molecule has 0 saturated carbocycles. The molecule has 0 bridgehead atoms. The molecule has 2 saturated heterocycles. The summed E-state index contributed by atoms with van der Waals surface area (Å²) in [6.07, 6.45) is 5.53. The summed E-state index contributed by atoms with van der Waals surface area (Å²) in [6.45, 7) is 6.32. The number of ether oxygens (including phenoxy) is 2. The number of fused-ring (bicyclic) bond motifs is 2. The second-order valence-corrected chi connectivity index (χ2v) is 11.4. The minimum Gasteiger partial charge on any atom is -0.454 e. The summed E-state index contributed by atoms with van der Waals surface area (Å²) in [5, 5.41) is 0. The number of hydrogen-bond acceptors (Lipinski definition) is 8. The molecule has 37 heavy (non-hydrogen) atoms. The zero-order valence-electron chi connectivity index (χ0n) is 20.6. The SMILES string of the molecule is Cc1ccc2nc(N3CCC(C)CC3)c(C=C3SC(=S)N(Cc4ccc5c(c4)OCO5)C3=O)c(=O)n2c1. The Morgan fingerprint density at radius 1 is 1.14 bits per heavy atom. The van der Waals surface area contributed by atoms with E-state index in [0.29, 0.717) is 50.2 Å². The number of thiocarbonyl (C=S) groups is 1. The third kappa shape index (κ3) is 4.48. The van der Waals surface area contributed by atoms with Gasteiger partial charge in [-0.25, -0.2) is 4.98 Å². The fourth-order valence-corrected chi connectivity index (χ4v) is 6.06. The van der Waals surface area contributed by atoms with Crippen molar-refractivity contribution in [3.05, 3.63) is 68.5 Å². The third-order valence-corrected chi connectivity index (χ3v) is 8.37. The largest absolute Gasteiger partial charge is 0.454 e. The normalized spacial score (nSPS) is 19.0. The second kappa shape index (κ2) is 9.50. The van der Waals surface area contributed by atoms with Crippen molar-refractivity contribution >= 4 is 51.7 Å². The van der Waals surface area contributed by atoms with E-state index in [1.165, 1.54) is 11.8 Å². The lowest BCUT2D eigenvalue weighted by molar-refractivity contribution is -0.122. The maximum Gasteiger partial charge on any atom is 0.267 e. The van der Waals surface area contributed by atoms with Gasteiger partial charge >= 0.3 is 0 Å². The molecular weight excluding hydrogens is 508 g/mol. The molecule has 1 aromatic carbocycles. The molecule has 3 aliphatic heterocycles. The van der Waals surface area contributed by atoms with Gasteiger partial charge in [-0.3, -0.25) is 18.9 Å². The number of pyridine rings is 1. The first-order valence-corrected chi connectivity index (χ1v) is 13.5. The van der Waals surface area contributed by atoms with Gasteiger partial charge in [0.05, 0.1) is 17.0 Å². The molecule has 0 spiro atoms. The summed E-state index contributed by atoms with van der Waals surface area (Å²) >= 11 is 6.78. The first-order valence-electron chi connectivity index (χ1n) is 12.3. The van der Waals surface area contributed by atoms with Gasteiger partial charge in [0.15, 0.2) is 11.5 Å². The minimum atomic E-state index is -0.223. The van der Waals surface area contributed by atoms with Crippen molar-refractivity contribution in [2.24, 2.45) is 5.92 Å². The van der Waals surface area contributed by atoms with Crippen molar-refractivity contribution in [2.45, 2.75) is 33.2 Å². The molecule has 2 aromatic heterocycles. The molecule has 10 heteroatoms. The summed E-state index contributed by atoms with van der Waals surface area (Å²) in [6, 6.07) is 9.40. The van der Waals surface area contributed by atoms with E-state index in [1.54, 1.807) is 21.6 Å². The Balaban J connectivity index is 1.37.